The molecule has 0 spiro atoms. The van der Waals surface area contributed by atoms with E-state index < -0.39 is 0 Å². The molecule has 1 N–H and O–H groups in total. The van der Waals surface area contributed by atoms with Crippen LogP contribution in [0, 0.1) is 0 Å². The summed E-state index contributed by atoms with van der Waals surface area (Å²) in [5.74, 6) is 0.229. The van der Waals surface area contributed by atoms with E-state index in [-0.39, 0.29) is 5.91 Å². The van der Waals surface area contributed by atoms with Gasteiger partial charge in [0.2, 0.25) is 12.3 Å². The highest BCUT2D eigenvalue weighted by atomic mass is 16.2. The molecule has 0 saturated carbocycles. The lowest BCUT2D eigenvalue weighted by Crippen LogP contribution is -2.23. The Hall–Kier alpha value is -1.58. The van der Waals surface area contributed by atoms with Crippen LogP contribution in [0.4, 0.5) is 0 Å². The Morgan fingerprint density at radius 1 is 1.27 bits per heavy atom. The van der Waals surface area contributed by atoms with Gasteiger partial charge in [-0.2, -0.15) is 0 Å². The lowest BCUT2D eigenvalue weighted by atomic mass is 10.2. The van der Waals surface area contributed by atoms with Crippen LogP contribution in [0.3, 0.4) is 0 Å². The Morgan fingerprint density at radius 3 is 2.47 bits per heavy atom. The van der Waals surface area contributed by atoms with Gasteiger partial charge in [0.25, 0.3) is 0 Å². The second kappa shape index (κ2) is 8.99. The fraction of sp³-hybridized carbons (Fsp3) is 0.455. The maximum atomic E-state index is 11.1. The first-order valence-electron chi connectivity index (χ1n) is 4.99. The minimum absolute atomic E-state index is 0.229. The molecule has 0 unspecified atom stereocenters. The molecule has 1 rings (SSSR count). The number of rotatable bonds is 3. The minimum atomic E-state index is 0.229. The first-order chi connectivity index (χ1) is 7.26. The Balaban J connectivity index is 0.000000336. The fourth-order valence-corrected chi connectivity index (χ4v) is 1.24. The molecule has 0 aliphatic carbocycles. The summed E-state index contributed by atoms with van der Waals surface area (Å²) >= 11 is 0. The van der Waals surface area contributed by atoms with Crippen LogP contribution < -0.4 is 5.32 Å². The van der Waals surface area contributed by atoms with Crippen molar-refractivity contribution < 1.29 is 9.59 Å². The highest BCUT2D eigenvalue weighted by molar-refractivity contribution is 5.77. The molecule has 1 heterocycles. The van der Waals surface area contributed by atoms with E-state index in [2.05, 4.69) is 18.5 Å². The highest BCUT2D eigenvalue weighted by Crippen LogP contribution is 2.10. The van der Waals surface area contributed by atoms with Gasteiger partial charge in [0.1, 0.15) is 0 Å². The summed E-state index contributed by atoms with van der Waals surface area (Å²) in [6.45, 7) is 7.65. The van der Waals surface area contributed by atoms with E-state index in [0.29, 0.717) is 12.8 Å². The second-order valence-electron chi connectivity index (χ2n) is 3.07. The first-order valence-corrected chi connectivity index (χ1v) is 4.99. The van der Waals surface area contributed by atoms with Gasteiger partial charge in [-0.1, -0.05) is 19.6 Å². The first kappa shape index (κ1) is 13.4. The monoisotopic (exact) mass is 210 g/mol. The predicted molar refractivity (Wildman–Crippen MR) is 59.8 cm³/mol. The average molecular weight is 210 g/mol. The topological polar surface area (TPSA) is 49.4 Å². The number of nitrogens with one attached hydrogen (secondary N) is 1. The number of nitrogens with zero attached hydrogens (tertiary/aromatic N) is 1. The van der Waals surface area contributed by atoms with E-state index in [4.69, 9.17) is 0 Å². The summed E-state index contributed by atoms with van der Waals surface area (Å²) < 4.78 is 0. The Morgan fingerprint density at radius 2 is 2.00 bits per heavy atom. The molecule has 1 fully saturated rings. The standard InChI is InChI=1S/C8H13NO.C3H5NO/c1-2-9-7-5-3-4-6-8(9)10;1-2-4-3-5/h2H,1,3-7H2;2-3H,1H2,(H,4,5). The van der Waals surface area contributed by atoms with Crippen LogP contribution in [0.1, 0.15) is 25.7 Å². The second-order valence-corrected chi connectivity index (χ2v) is 3.07. The summed E-state index contributed by atoms with van der Waals surface area (Å²) in [6, 6.07) is 0. The molecule has 1 aliphatic heterocycles. The SMILES string of the molecule is C=CN1CCCCCC1=O.C=CNC=O. The van der Waals surface area contributed by atoms with Gasteiger partial charge in [-0.05, 0) is 25.2 Å². The zero-order valence-corrected chi connectivity index (χ0v) is 8.95. The molecule has 4 nitrogen and oxygen atoms in total. The van der Waals surface area contributed by atoms with Crippen LogP contribution in [0.25, 0.3) is 0 Å². The molecule has 1 saturated heterocycles. The summed E-state index contributed by atoms with van der Waals surface area (Å²) in [4.78, 5) is 22.0. The normalized spacial score (nSPS) is 15.5. The highest BCUT2D eigenvalue weighted by Gasteiger charge is 2.12. The molecular weight excluding hydrogens is 192 g/mol. The smallest absolute Gasteiger partial charge is 0.226 e. The maximum Gasteiger partial charge on any atom is 0.226 e. The maximum absolute atomic E-state index is 11.1. The van der Waals surface area contributed by atoms with Gasteiger partial charge in [0.05, 0.1) is 0 Å². The largest absolute Gasteiger partial charge is 0.336 e. The van der Waals surface area contributed by atoms with Gasteiger partial charge >= 0.3 is 0 Å². The molecular formula is C11H18N2O2. The molecule has 0 aromatic heterocycles. The van der Waals surface area contributed by atoms with Gasteiger partial charge in [0, 0.05) is 13.0 Å². The molecule has 0 atom stereocenters. The third kappa shape index (κ3) is 6.49. The van der Waals surface area contributed by atoms with Crippen molar-refractivity contribution in [2.24, 2.45) is 0 Å². The van der Waals surface area contributed by atoms with Crippen LogP contribution in [-0.2, 0) is 9.59 Å². The van der Waals surface area contributed by atoms with Crippen LogP contribution in [0.2, 0.25) is 0 Å². The zero-order chi connectivity index (χ0) is 11.5. The third-order valence-corrected chi connectivity index (χ3v) is 2.02. The Bertz CT molecular complexity index is 221. The third-order valence-electron chi connectivity index (χ3n) is 2.02. The van der Waals surface area contributed by atoms with Crippen molar-refractivity contribution in [3.05, 3.63) is 25.6 Å². The van der Waals surface area contributed by atoms with Gasteiger partial charge in [-0.15, -0.1) is 0 Å². The summed E-state index contributed by atoms with van der Waals surface area (Å²) in [5, 5.41) is 2.19. The molecule has 1 aliphatic rings. The van der Waals surface area contributed by atoms with Crippen molar-refractivity contribution in [1.29, 1.82) is 0 Å². The number of carbonyl (C=O) groups is 2. The van der Waals surface area contributed by atoms with Crippen LogP contribution in [-0.4, -0.2) is 23.8 Å². The molecule has 0 aromatic carbocycles. The summed E-state index contributed by atoms with van der Waals surface area (Å²) in [6.07, 6.45) is 7.55. The van der Waals surface area contributed by atoms with Crippen molar-refractivity contribution in [3.8, 4) is 0 Å². The van der Waals surface area contributed by atoms with Crippen molar-refractivity contribution in [3.63, 3.8) is 0 Å². The summed E-state index contributed by atoms with van der Waals surface area (Å²) in [5.41, 5.74) is 0. The van der Waals surface area contributed by atoms with E-state index in [9.17, 15) is 9.59 Å². The van der Waals surface area contributed by atoms with E-state index in [1.165, 1.54) is 12.6 Å². The Labute approximate surface area is 90.6 Å². The molecule has 2 amide bonds. The zero-order valence-electron chi connectivity index (χ0n) is 8.95. The van der Waals surface area contributed by atoms with Crippen LogP contribution >= 0.6 is 0 Å². The van der Waals surface area contributed by atoms with Gasteiger partial charge < -0.3 is 10.2 Å². The van der Waals surface area contributed by atoms with Gasteiger partial charge in [-0.3, -0.25) is 9.59 Å². The van der Waals surface area contributed by atoms with E-state index >= 15 is 0 Å². The number of hydrogen-bond acceptors (Lipinski definition) is 2. The molecule has 0 aromatic rings. The average Bonchev–Trinajstić information content (AvgIpc) is 2.45. The van der Waals surface area contributed by atoms with Crippen molar-refractivity contribution in [1.82, 2.24) is 10.2 Å². The minimum Gasteiger partial charge on any atom is -0.336 e. The molecule has 0 bridgehead atoms. The number of likely N-dealkylation sites (tertiary alicyclic amines) is 1. The van der Waals surface area contributed by atoms with Crippen molar-refractivity contribution in [2.45, 2.75) is 25.7 Å². The lowest BCUT2D eigenvalue weighted by molar-refractivity contribution is -0.128. The Kier molecular flexibility index (Phi) is 8.05. The van der Waals surface area contributed by atoms with Crippen molar-refractivity contribution in [2.75, 3.05) is 6.54 Å². The van der Waals surface area contributed by atoms with E-state index in [1.807, 2.05) is 0 Å². The molecule has 15 heavy (non-hydrogen) atoms. The number of amides is 2. The summed E-state index contributed by atoms with van der Waals surface area (Å²) in [7, 11) is 0. The molecule has 4 heteroatoms. The quantitative estimate of drug-likeness (QED) is 0.716. The van der Waals surface area contributed by atoms with E-state index in [0.717, 1.165) is 19.4 Å². The fourth-order valence-electron chi connectivity index (χ4n) is 1.24. The van der Waals surface area contributed by atoms with Gasteiger partial charge in [0.15, 0.2) is 0 Å². The van der Waals surface area contributed by atoms with Gasteiger partial charge in [-0.25, -0.2) is 0 Å². The van der Waals surface area contributed by atoms with Crippen molar-refractivity contribution >= 4 is 12.3 Å². The van der Waals surface area contributed by atoms with Crippen LogP contribution in [0.15, 0.2) is 25.6 Å². The van der Waals surface area contributed by atoms with E-state index in [1.54, 1.807) is 11.1 Å². The molecule has 0 radical (unpaired) electrons. The lowest BCUT2D eigenvalue weighted by Gasteiger charge is -2.13. The van der Waals surface area contributed by atoms with Crippen LogP contribution in [0.5, 0.6) is 0 Å². The number of carbonyl (C=O) groups excluding carboxylic acids is 2. The number of hydrogen-bond donors (Lipinski definition) is 1. The predicted octanol–water partition coefficient (Wildman–Crippen LogP) is 1.41. The molecule has 84 valence electrons.